The van der Waals surface area contributed by atoms with Crippen LogP contribution < -0.4 is 19.3 Å². The largest absolute Gasteiger partial charge is 0.497 e. The molecular weight excluding hydrogens is 404 g/mol. The van der Waals surface area contributed by atoms with Crippen molar-refractivity contribution in [3.05, 3.63) is 83.4 Å². The summed E-state index contributed by atoms with van der Waals surface area (Å²) >= 11 is 0. The van der Waals surface area contributed by atoms with Gasteiger partial charge in [-0.1, -0.05) is 36.4 Å². The highest BCUT2D eigenvalue weighted by atomic mass is 16.5. The molecule has 0 radical (unpaired) electrons. The van der Waals surface area contributed by atoms with Gasteiger partial charge in [0.25, 0.3) is 5.91 Å². The Bertz CT molecular complexity index is 1160. The summed E-state index contributed by atoms with van der Waals surface area (Å²) in [5.74, 6) is 0.715. The van der Waals surface area contributed by atoms with Crippen LogP contribution in [0, 0.1) is 13.8 Å². The second-order valence-electron chi connectivity index (χ2n) is 7.81. The van der Waals surface area contributed by atoms with Crippen molar-refractivity contribution in [3.63, 3.8) is 0 Å². The van der Waals surface area contributed by atoms with E-state index < -0.39 is 6.04 Å². The van der Waals surface area contributed by atoms with Gasteiger partial charge >= 0.3 is 0 Å². The standard InChI is InChI=1S/C26H26N2O4/c1-17-10-11-20(14-18(17)2)28-24(29)16-27(22-13-12-21(31-3)15-23(22)32-4)26(30)25(28)19-8-6-5-7-9-19/h5-15,25H,16H2,1-4H3/t25-/m1/s1. The smallest absolute Gasteiger partial charge is 0.255 e. The second-order valence-corrected chi connectivity index (χ2v) is 7.81. The van der Waals surface area contributed by atoms with Crippen molar-refractivity contribution in [1.29, 1.82) is 0 Å². The van der Waals surface area contributed by atoms with E-state index in [4.69, 9.17) is 9.47 Å². The summed E-state index contributed by atoms with van der Waals surface area (Å²) in [6.45, 7) is 3.94. The first-order valence-corrected chi connectivity index (χ1v) is 10.4. The van der Waals surface area contributed by atoms with Crippen molar-refractivity contribution in [3.8, 4) is 11.5 Å². The van der Waals surface area contributed by atoms with Crippen molar-refractivity contribution in [2.24, 2.45) is 0 Å². The molecule has 1 saturated heterocycles. The molecule has 3 aromatic carbocycles. The molecule has 1 aliphatic heterocycles. The van der Waals surface area contributed by atoms with Crippen LogP contribution in [0.5, 0.6) is 11.5 Å². The van der Waals surface area contributed by atoms with E-state index in [1.165, 1.54) is 12.0 Å². The van der Waals surface area contributed by atoms with E-state index in [-0.39, 0.29) is 18.4 Å². The maximum atomic E-state index is 13.9. The van der Waals surface area contributed by atoms with E-state index in [9.17, 15) is 9.59 Å². The quantitative estimate of drug-likeness (QED) is 0.600. The number of methoxy groups -OCH3 is 2. The van der Waals surface area contributed by atoms with Gasteiger partial charge in [0.05, 0.1) is 19.9 Å². The Kier molecular flexibility index (Phi) is 5.86. The van der Waals surface area contributed by atoms with Gasteiger partial charge in [-0.3, -0.25) is 19.4 Å². The maximum absolute atomic E-state index is 13.9. The molecule has 0 spiro atoms. The SMILES string of the molecule is COc1ccc(N2CC(=O)N(c3ccc(C)c(C)c3)[C@H](c3ccccc3)C2=O)c(OC)c1. The normalized spacial score (nSPS) is 16.3. The van der Waals surface area contributed by atoms with Crippen molar-refractivity contribution >= 4 is 23.2 Å². The molecule has 0 aliphatic carbocycles. The molecule has 0 N–H and O–H groups in total. The Balaban J connectivity index is 1.83. The molecule has 3 aromatic rings. The minimum atomic E-state index is -0.786. The molecule has 2 amide bonds. The van der Waals surface area contributed by atoms with Crippen LogP contribution in [0.25, 0.3) is 0 Å². The van der Waals surface area contributed by atoms with Gasteiger partial charge in [-0.05, 0) is 54.8 Å². The van der Waals surface area contributed by atoms with Crippen LogP contribution in [0.3, 0.4) is 0 Å². The lowest BCUT2D eigenvalue weighted by atomic mass is 9.98. The van der Waals surface area contributed by atoms with Gasteiger partial charge in [0.1, 0.15) is 24.1 Å². The summed E-state index contributed by atoms with van der Waals surface area (Å²) in [6.07, 6.45) is 0. The van der Waals surface area contributed by atoms with Crippen LogP contribution in [-0.4, -0.2) is 32.6 Å². The fourth-order valence-electron chi connectivity index (χ4n) is 4.00. The van der Waals surface area contributed by atoms with Crippen LogP contribution in [0.2, 0.25) is 0 Å². The van der Waals surface area contributed by atoms with Gasteiger partial charge in [0.15, 0.2) is 0 Å². The summed E-state index contributed by atoms with van der Waals surface area (Å²) in [6, 6.07) is 19.6. The molecular formula is C26H26N2O4. The van der Waals surface area contributed by atoms with Gasteiger partial charge in [0, 0.05) is 11.8 Å². The summed E-state index contributed by atoms with van der Waals surface area (Å²) < 4.78 is 10.8. The van der Waals surface area contributed by atoms with E-state index in [1.54, 1.807) is 30.2 Å². The molecule has 0 saturated carbocycles. The number of anilines is 2. The van der Waals surface area contributed by atoms with E-state index >= 15 is 0 Å². The van der Waals surface area contributed by atoms with Crippen LogP contribution in [0.1, 0.15) is 22.7 Å². The number of benzene rings is 3. The number of rotatable bonds is 5. The zero-order valence-electron chi connectivity index (χ0n) is 18.7. The van der Waals surface area contributed by atoms with Crippen molar-refractivity contribution in [2.45, 2.75) is 19.9 Å². The molecule has 4 rings (SSSR count). The minimum absolute atomic E-state index is 0.0855. The molecule has 1 heterocycles. The van der Waals surface area contributed by atoms with Crippen LogP contribution in [0.4, 0.5) is 11.4 Å². The highest BCUT2D eigenvalue weighted by Crippen LogP contribution is 2.39. The lowest BCUT2D eigenvalue weighted by molar-refractivity contribution is -0.128. The molecule has 6 heteroatoms. The number of nitrogens with zero attached hydrogens (tertiary/aromatic N) is 2. The van der Waals surface area contributed by atoms with Crippen molar-refractivity contribution in [2.75, 3.05) is 30.6 Å². The third-order valence-electron chi connectivity index (χ3n) is 5.88. The molecule has 0 bridgehead atoms. The zero-order chi connectivity index (χ0) is 22.8. The fraction of sp³-hybridized carbons (Fsp3) is 0.231. The minimum Gasteiger partial charge on any atom is -0.497 e. The average molecular weight is 431 g/mol. The number of ether oxygens (including phenoxy) is 2. The Hall–Kier alpha value is -3.80. The molecule has 1 fully saturated rings. The monoisotopic (exact) mass is 430 g/mol. The van der Waals surface area contributed by atoms with Crippen LogP contribution in [0.15, 0.2) is 66.7 Å². The Morgan fingerprint density at radius 2 is 1.59 bits per heavy atom. The number of hydrogen-bond donors (Lipinski definition) is 0. The Morgan fingerprint density at radius 3 is 2.25 bits per heavy atom. The predicted molar refractivity (Wildman–Crippen MR) is 124 cm³/mol. The molecule has 164 valence electrons. The van der Waals surface area contributed by atoms with E-state index in [2.05, 4.69) is 0 Å². The molecule has 1 aliphatic rings. The lowest BCUT2D eigenvalue weighted by Crippen LogP contribution is -2.56. The maximum Gasteiger partial charge on any atom is 0.255 e. The number of carbonyl (C=O) groups excluding carboxylic acids is 2. The number of piperazine rings is 1. The van der Waals surface area contributed by atoms with Gasteiger partial charge in [-0.2, -0.15) is 0 Å². The molecule has 1 atom stereocenters. The highest BCUT2D eigenvalue weighted by molar-refractivity contribution is 6.15. The van der Waals surface area contributed by atoms with Gasteiger partial charge < -0.3 is 9.47 Å². The summed E-state index contributed by atoms with van der Waals surface area (Å²) in [5, 5.41) is 0. The Labute approximate surface area is 188 Å². The van der Waals surface area contributed by atoms with Crippen molar-refractivity contribution in [1.82, 2.24) is 0 Å². The first-order chi connectivity index (χ1) is 15.4. The molecule has 32 heavy (non-hydrogen) atoms. The number of aryl methyl sites for hydroxylation is 2. The first kappa shape index (κ1) is 21.4. The Morgan fingerprint density at radius 1 is 0.844 bits per heavy atom. The predicted octanol–water partition coefficient (Wildman–Crippen LogP) is 4.44. The molecule has 6 nitrogen and oxygen atoms in total. The third-order valence-corrected chi connectivity index (χ3v) is 5.88. The van der Waals surface area contributed by atoms with Crippen LogP contribution >= 0.6 is 0 Å². The fourth-order valence-corrected chi connectivity index (χ4v) is 4.00. The molecule has 0 unspecified atom stereocenters. The van der Waals surface area contributed by atoms with Crippen LogP contribution in [-0.2, 0) is 9.59 Å². The van der Waals surface area contributed by atoms with Crippen molar-refractivity contribution < 1.29 is 19.1 Å². The first-order valence-electron chi connectivity index (χ1n) is 10.4. The number of amides is 2. The third kappa shape index (κ3) is 3.80. The van der Waals surface area contributed by atoms with Gasteiger partial charge in [0.2, 0.25) is 5.91 Å². The summed E-state index contributed by atoms with van der Waals surface area (Å²) in [7, 11) is 3.10. The number of carbonyl (C=O) groups is 2. The van der Waals surface area contributed by atoms with Gasteiger partial charge in [-0.25, -0.2) is 0 Å². The highest BCUT2D eigenvalue weighted by Gasteiger charge is 2.42. The molecule has 0 aromatic heterocycles. The number of hydrogen-bond acceptors (Lipinski definition) is 4. The van der Waals surface area contributed by atoms with E-state index in [0.29, 0.717) is 22.9 Å². The van der Waals surface area contributed by atoms with Gasteiger partial charge in [-0.15, -0.1) is 0 Å². The van der Waals surface area contributed by atoms with E-state index in [0.717, 1.165) is 16.7 Å². The zero-order valence-corrected chi connectivity index (χ0v) is 18.7. The summed E-state index contributed by atoms with van der Waals surface area (Å²) in [4.78, 5) is 30.5. The summed E-state index contributed by atoms with van der Waals surface area (Å²) in [5.41, 5.74) is 4.19. The second kappa shape index (κ2) is 8.75. The van der Waals surface area contributed by atoms with E-state index in [1.807, 2.05) is 62.4 Å². The topological polar surface area (TPSA) is 59.1 Å². The average Bonchev–Trinajstić information content (AvgIpc) is 2.82. The lowest BCUT2D eigenvalue weighted by Gasteiger charge is -2.41.